The van der Waals surface area contributed by atoms with Crippen LogP contribution in [0.25, 0.3) is 0 Å². The van der Waals surface area contributed by atoms with Gasteiger partial charge in [0.15, 0.2) is 0 Å². The summed E-state index contributed by atoms with van der Waals surface area (Å²) in [5.74, 6) is 0.827. The van der Waals surface area contributed by atoms with Crippen LogP contribution in [0.5, 0.6) is 5.75 Å². The summed E-state index contributed by atoms with van der Waals surface area (Å²) in [6.45, 7) is 4.04. The maximum absolute atomic E-state index is 12.6. The Morgan fingerprint density at radius 1 is 0.879 bits per heavy atom. The van der Waals surface area contributed by atoms with E-state index in [0.717, 1.165) is 17.0 Å². The highest BCUT2D eigenvalue weighted by atomic mass is 16.5. The second kappa shape index (κ2) is 9.78. The number of carbonyl (C=O) groups excluding carboxylic acids is 2. The maximum Gasteiger partial charge on any atom is 0.255 e. The molecular formula is C25H22N4O4. The lowest BCUT2D eigenvalue weighted by Crippen LogP contribution is -2.14. The first-order valence-electron chi connectivity index (χ1n) is 10.3. The highest BCUT2D eigenvalue weighted by Crippen LogP contribution is 2.20. The van der Waals surface area contributed by atoms with Gasteiger partial charge in [0.1, 0.15) is 18.1 Å². The fourth-order valence-electron chi connectivity index (χ4n) is 3.15. The van der Waals surface area contributed by atoms with Crippen molar-refractivity contribution in [1.29, 1.82) is 0 Å². The summed E-state index contributed by atoms with van der Waals surface area (Å²) in [6, 6.07) is 17.0. The molecule has 0 fully saturated rings. The monoisotopic (exact) mass is 442 g/mol. The zero-order valence-corrected chi connectivity index (χ0v) is 18.2. The number of aryl methyl sites for hydroxylation is 2. The van der Waals surface area contributed by atoms with Crippen molar-refractivity contribution in [3.05, 3.63) is 101 Å². The molecule has 0 aliphatic carbocycles. The molecule has 33 heavy (non-hydrogen) atoms. The summed E-state index contributed by atoms with van der Waals surface area (Å²) >= 11 is 0. The van der Waals surface area contributed by atoms with Crippen molar-refractivity contribution in [2.24, 2.45) is 0 Å². The number of nitrogens with zero attached hydrogens (tertiary/aromatic N) is 2. The van der Waals surface area contributed by atoms with Crippen LogP contribution >= 0.6 is 0 Å². The number of nitrogens with one attached hydrogen (secondary N) is 2. The lowest BCUT2D eigenvalue weighted by Gasteiger charge is -2.10. The molecule has 0 aliphatic heterocycles. The molecule has 0 aliphatic rings. The van der Waals surface area contributed by atoms with E-state index in [1.165, 1.54) is 0 Å². The number of amides is 2. The largest absolute Gasteiger partial charge is 0.489 e. The van der Waals surface area contributed by atoms with Gasteiger partial charge in [0.25, 0.3) is 11.8 Å². The topological polar surface area (TPSA) is 106 Å². The minimum absolute atomic E-state index is 0.256. The second-order valence-corrected chi connectivity index (χ2v) is 7.34. The molecule has 2 N–H and O–H groups in total. The molecule has 0 spiro atoms. The van der Waals surface area contributed by atoms with Gasteiger partial charge in [0.05, 0.1) is 11.3 Å². The van der Waals surface area contributed by atoms with Crippen molar-refractivity contribution in [1.82, 2.24) is 10.1 Å². The predicted molar refractivity (Wildman–Crippen MR) is 123 cm³/mol. The number of rotatable bonds is 7. The van der Waals surface area contributed by atoms with Crippen LogP contribution in [0, 0.1) is 13.8 Å². The molecule has 4 rings (SSSR count). The Kier molecular flexibility index (Phi) is 6.45. The number of hydrogen-bond acceptors (Lipinski definition) is 6. The van der Waals surface area contributed by atoms with Crippen molar-refractivity contribution < 1.29 is 18.8 Å². The zero-order chi connectivity index (χ0) is 23.2. The number of hydrogen-bond donors (Lipinski definition) is 2. The molecule has 0 atom stereocenters. The van der Waals surface area contributed by atoms with Gasteiger partial charge in [0.2, 0.25) is 0 Å². The van der Waals surface area contributed by atoms with Crippen molar-refractivity contribution in [2.45, 2.75) is 20.5 Å². The summed E-state index contributed by atoms with van der Waals surface area (Å²) in [7, 11) is 0. The molecule has 2 heterocycles. The normalized spacial score (nSPS) is 10.5. The first-order chi connectivity index (χ1) is 16.0. The van der Waals surface area contributed by atoms with E-state index < -0.39 is 0 Å². The minimum atomic E-state index is -0.273. The number of carbonyl (C=O) groups is 2. The van der Waals surface area contributed by atoms with Gasteiger partial charge in [-0.2, -0.15) is 0 Å². The van der Waals surface area contributed by atoms with Gasteiger partial charge in [-0.15, -0.1) is 0 Å². The van der Waals surface area contributed by atoms with E-state index in [1.54, 1.807) is 73.1 Å². The van der Waals surface area contributed by atoms with Crippen LogP contribution in [-0.4, -0.2) is 22.0 Å². The third-order valence-electron chi connectivity index (χ3n) is 5.00. The lowest BCUT2D eigenvalue weighted by molar-refractivity contribution is 0.101. The Morgan fingerprint density at radius 3 is 2.06 bits per heavy atom. The predicted octanol–water partition coefficient (Wildman–Crippen LogP) is 4.77. The third-order valence-corrected chi connectivity index (χ3v) is 5.00. The molecule has 4 aromatic rings. The highest BCUT2D eigenvalue weighted by molar-refractivity contribution is 6.06. The second-order valence-electron chi connectivity index (χ2n) is 7.34. The van der Waals surface area contributed by atoms with Gasteiger partial charge in [-0.3, -0.25) is 14.6 Å². The fraction of sp³-hybridized carbons (Fsp3) is 0.120. The summed E-state index contributed by atoms with van der Waals surface area (Å²) in [4.78, 5) is 28.9. The minimum Gasteiger partial charge on any atom is -0.489 e. The molecule has 8 nitrogen and oxygen atoms in total. The van der Waals surface area contributed by atoms with Gasteiger partial charge < -0.3 is 19.9 Å². The molecule has 8 heteroatoms. The number of aromatic nitrogens is 2. The van der Waals surface area contributed by atoms with E-state index in [1.807, 2.05) is 13.8 Å². The Balaban J connectivity index is 1.36. The average molecular weight is 442 g/mol. The molecule has 0 saturated heterocycles. The number of pyridine rings is 1. The summed E-state index contributed by atoms with van der Waals surface area (Å²) in [5, 5.41) is 9.55. The Morgan fingerprint density at radius 2 is 1.48 bits per heavy atom. The molecule has 166 valence electrons. The third kappa shape index (κ3) is 5.43. The Labute approximate surface area is 190 Å². The Bertz CT molecular complexity index is 1250. The summed E-state index contributed by atoms with van der Waals surface area (Å²) < 4.78 is 10.9. The van der Waals surface area contributed by atoms with Crippen LogP contribution < -0.4 is 15.4 Å². The summed E-state index contributed by atoms with van der Waals surface area (Å²) in [6.07, 6.45) is 3.11. The number of anilines is 2. The molecule has 0 radical (unpaired) electrons. The standard InChI is InChI=1S/C25H22N4O4/c1-16-23(17(2)33-29-16)15-32-22-8-6-18(7-9-22)24(30)27-20-4-3-5-21(14-20)28-25(31)19-10-12-26-13-11-19/h3-14H,15H2,1-2H3,(H,27,30)(H,28,31). The van der Waals surface area contributed by atoms with Crippen molar-refractivity contribution in [3.8, 4) is 5.75 Å². The van der Waals surface area contributed by atoms with E-state index in [-0.39, 0.29) is 11.8 Å². The van der Waals surface area contributed by atoms with Crippen molar-refractivity contribution in [2.75, 3.05) is 10.6 Å². The molecule has 2 aromatic carbocycles. The van der Waals surface area contributed by atoms with Crippen LogP contribution in [0.4, 0.5) is 11.4 Å². The van der Waals surface area contributed by atoms with Gasteiger partial charge in [-0.05, 0) is 68.4 Å². The first kappa shape index (κ1) is 21.8. The van der Waals surface area contributed by atoms with E-state index in [0.29, 0.717) is 34.9 Å². The van der Waals surface area contributed by atoms with E-state index >= 15 is 0 Å². The zero-order valence-electron chi connectivity index (χ0n) is 18.2. The number of benzene rings is 2. The van der Waals surface area contributed by atoms with Gasteiger partial charge in [-0.25, -0.2) is 0 Å². The van der Waals surface area contributed by atoms with E-state index in [4.69, 9.17) is 9.26 Å². The van der Waals surface area contributed by atoms with Crippen LogP contribution in [0.1, 0.15) is 37.7 Å². The van der Waals surface area contributed by atoms with Crippen LogP contribution in [-0.2, 0) is 6.61 Å². The highest BCUT2D eigenvalue weighted by Gasteiger charge is 2.11. The quantitative estimate of drug-likeness (QED) is 0.427. The molecule has 2 aromatic heterocycles. The maximum atomic E-state index is 12.6. The van der Waals surface area contributed by atoms with Gasteiger partial charge in [0, 0.05) is 34.9 Å². The fourth-order valence-corrected chi connectivity index (χ4v) is 3.15. The molecule has 0 unspecified atom stereocenters. The van der Waals surface area contributed by atoms with E-state index in [9.17, 15) is 9.59 Å². The number of ether oxygens (including phenoxy) is 1. The van der Waals surface area contributed by atoms with Crippen molar-refractivity contribution in [3.63, 3.8) is 0 Å². The summed E-state index contributed by atoms with van der Waals surface area (Å²) in [5.41, 5.74) is 3.81. The SMILES string of the molecule is Cc1noc(C)c1COc1ccc(C(=O)Nc2cccc(NC(=O)c3ccncc3)c2)cc1. The first-order valence-corrected chi connectivity index (χ1v) is 10.3. The lowest BCUT2D eigenvalue weighted by atomic mass is 10.2. The van der Waals surface area contributed by atoms with Gasteiger partial charge >= 0.3 is 0 Å². The van der Waals surface area contributed by atoms with Crippen molar-refractivity contribution >= 4 is 23.2 Å². The smallest absolute Gasteiger partial charge is 0.255 e. The van der Waals surface area contributed by atoms with Crippen LogP contribution in [0.2, 0.25) is 0 Å². The average Bonchev–Trinajstić information content (AvgIpc) is 3.15. The Hall–Kier alpha value is -4.46. The molecule has 0 saturated carbocycles. The molecule has 2 amide bonds. The molecular weight excluding hydrogens is 420 g/mol. The van der Waals surface area contributed by atoms with Gasteiger partial charge in [-0.1, -0.05) is 11.2 Å². The van der Waals surface area contributed by atoms with Crippen LogP contribution in [0.15, 0.2) is 77.6 Å². The van der Waals surface area contributed by atoms with E-state index in [2.05, 4.69) is 20.8 Å². The molecule has 0 bridgehead atoms. The van der Waals surface area contributed by atoms with Crippen LogP contribution in [0.3, 0.4) is 0 Å².